The lowest BCUT2D eigenvalue weighted by atomic mass is 9.44. The normalized spacial score (nSPS) is 57.3. The third-order valence-corrected chi connectivity index (χ3v) is 10.1. The Morgan fingerprint density at radius 2 is 1.61 bits per heavy atom. The summed E-state index contributed by atoms with van der Waals surface area (Å²) in [6.07, 6.45) is 12.2. The number of hydrogen-bond donors (Lipinski definition) is 1. The van der Waals surface area contributed by atoms with Gasteiger partial charge < -0.3 is 5.11 Å². The zero-order chi connectivity index (χ0) is 16.4. The highest BCUT2D eigenvalue weighted by molar-refractivity contribution is 14.1. The third kappa shape index (κ3) is 2.47. The quantitative estimate of drug-likeness (QED) is 0.410. The summed E-state index contributed by atoms with van der Waals surface area (Å²) in [5.41, 5.74) is 1.16. The molecule has 4 aliphatic carbocycles. The van der Waals surface area contributed by atoms with Crippen LogP contribution >= 0.6 is 22.6 Å². The highest BCUT2D eigenvalue weighted by Gasteiger charge is 2.60. The number of hydrogen-bond acceptors (Lipinski definition) is 1. The van der Waals surface area contributed by atoms with E-state index in [4.69, 9.17) is 0 Å². The van der Waals surface area contributed by atoms with Gasteiger partial charge in [0.2, 0.25) is 0 Å². The Kier molecular flexibility index (Phi) is 4.36. The van der Waals surface area contributed by atoms with Crippen LogP contribution in [0, 0.1) is 40.4 Å². The second kappa shape index (κ2) is 5.86. The van der Waals surface area contributed by atoms with E-state index in [-0.39, 0.29) is 6.10 Å². The first-order chi connectivity index (χ1) is 10.9. The van der Waals surface area contributed by atoms with Crippen molar-refractivity contribution in [3.63, 3.8) is 0 Å². The Morgan fingerprint density at radius 3 is 2.35 bits per heavy atom. The van der Waals surface area contributed by atoms with Crippen molar-refractivity contribution < 1.29 is 5.11 Å². The topological polar surface area (TPSA) is 20.2 Å². The Hall–Kier alpha value is 0.690. The maximum Gasteiger partial charge on any atom is 0.0543 e. The highest BCUT2D eigenvalue weighted by atomic mass is 127. The molecule has 4 saturated carbocycles. The summed E-state index contributed by atoms with van der Waals surface area (Å²) in [5, 5.41) is 10.1. The summed E-state index contributed by atoms with van der Waals surface area (Å²) >= 11 is 2.70. The van der Waals surface area contributed by atoms with Gasteiger partial charge in [-0.15, -0.1) is 0 Å². The van der Waals surface area contributed by atoms with Crippen LogP contribution in [-0.4, -0.2) is 15.1 Å². The summed E-state index contributed by atoms with van der Waals surface area (Å²) in [6.45, 7) is 7.71. The molecule has 0 aromatic carbocycles. The monoisotopic (exact) mass is 430 g/mol. The van der Waals surface area contributed by atoms with E-state index < -0.39 is 0 Å². The molecule has 0 radical (unpaired) electrons. The third-order valence-electron chi connectivity index (χ3n) is 9.27. The molecule has 0 heterocycles. The molecule has 132 valence electrons. The highest BCUT2D eigenvalue weighted by Crippen LogP contribution is 2.68. The minimum Gasteiger partial charge on any atom is -0.393 e. The van der Waals surface area contributed by atoms with Crippen molar-refractivity contribution in [2.24, 2.45) is 40.4 Å². The summed E-state index contributed by atoms with van der Waals surface area (Å²) in [5.74, 6) is 4.69. The molecule has 9 unspecified atom stereocenters. The molecular formula is C21H35IO. The Bertz CT molecular complexity index is 463. The van der Waals surface area contributed by atoms with Gasteiger partial charge >= 0.3 is 0 Å². The van der Waals surface area contributed by atoms with Crippen LogP contribution in [0.3, 0.4) is 0 Å². The van der Waals surface area contributed by atoms with Crippen LogP contribution in [0.15, 0.2) is 0 Å². The average molecular weight is 430 g/mol. The molecule has 0 amide bonds. The van der Waals surface area contributed by atoms with Gasteiger partial charge in [0.25, 0.3) is 0 Å². The fourth-order valence-electron chi connectivity index (χ4n) is 8.03. The number of aliphatic hydroxyl groups excluding tert-OH is 1. The van der Waals surface area contributed by atoms with E-state index in [2.05, 4.69) is 43.4 Å². The van der Waals surface area contributed by atoms with Crippen LogP contribution in [0.4, 0.5) is 0 Å². The average Bonchev–Trinajstić information content (AvgIpc) is 2.85. The van der Waals surface area contributed by atoms with E-state index >= 15 is 0 Å². The molecule has 0 bridgehead atoms. The second-order valence-electron chi connectivity index (χ2n) is 9.99. The van der Waals surface area contributed by atoms with E-state index in [9.17, 15) is 5.11 Å². The van der Waals surface area contributed by atoms with Gasteiger partial charge in [0.05, 0.1) is 6.10 Å². The maximum absolute atomic E-state index is 10.1. The number of fused-ring (bicyclic) bond motifs is 5. The second-order valence-corrected chi connectivity index (χ2v) is 12.0. The van der Waals surface area contributed by atoms with Gasteiger partial charge in [-0.05, 0) is 98.2 Å². The molecule has 9 atom stereocenters. The predicted octanol–water partition coefficient (Wildman–Crippen LogP) is 5.83. The SMILES string of the molecule is CC(I)C1CCC2C3CCC4CC(O)CCC4(C)C3CCC12C. The number of aliphatic hydroxyl groups is 1. The standard InChI is InChI=1S/C21H35IO/c1-13(22)17-6-7-18-16-5-4-14-12-15(23)8-10-20(14,2)19(16)9-11-21(17,18)3/h13-19,23H,4-12H2,1-3H3. The zero-order valence-electron chi connectivity index (χ0n) is 15.2. The molecule has 4 aliphatic rings. The van der Waals surface area contributed by atoms with Gasteiger partial charge in [0.1, 0.15) is 0 Å². The molecule has 1 N–H and O–H groups in total. The van der Waals surface area contributed by atoms with E-state index in [0.717, 1.165) is 46.4 Å². The Balaban J connectivity index is 1.60. The number of halogens is 1. The molecule has 0 aromatic heterocycles. The van der Waals surface area contributed by atoms with Crippen LogP contribution in [0.1, 0.15) is 78.6 Å². The van der Waals surface area contributed by atoms with Gasteiger partial charge in [0, 0.05) is 3.92 Å². The van der Waals surface area contributed by atoms with Crippen LogP contribution in [0.25, 0.3) is 0 Å². The first-order valence-electron chi connectivity index (χ1n) is 10.2. The molecule has 0 spiro atoms. The lowest BCUT2D eigenvalue weighted by Crippen LogP contribution is -2.54. The first kappa shape index (κ1) is 17.1. The predicted molar refractivity (Wildman–Crippen MR) is 105 cm³/mol. The lowest BCUT2D eigenvalue weighted by molar-refractivity contribution is -0.126. The Labute approximate surface area is 156 Å². The van der Waals surface area contributed by atoms with Gasteiger partial charge in [-0.25, -0.2) is 0 Å². The van der Waals surface area contributed by atoms with Gasteiger partial charge in [0.15, 0.2) is 0 Å². The fraction of sp³-hybridized carbons (Fsp3) is 1.00. The largest absolute Gasteiger partial charge is 0.393 e. The van der Waals surface area contributed by atoms with Crippen LogP contribution in [0.5, 0.6) is 0 Å². The van der Waals surface area contributed by atoms with Gasteiger partial charge in [-0.3, -0.25) is 0 Å². The molecule has 2 heteroatoms. The first-order valence-corrected chi connectivity index (χ1v) is 11.4. The maximum atomic E-state index is 10.1. The van der Waals surface area contributed by atoms with Crippen molar-refractivity contribution >= 4 is 22.6 Å². The van der Waals surface area contributed by atoms with Crippen molar-refractivity contribution in [2.75, 3.05) is 0 Å². The van der Waals surface area contributed by atoms with E-state index in [1.807, 2.05) is 0 Å². The minimum absolute atomic E-state index is 0.00536. The van der Waals surface area contributed by atoms with Gasteiger partial charge in [-0.2, -0.15) is 0 Å². The molecule has 4 rings (SSSR count). The molecular weight excluding hydrogens is 395 g/mol. The molecule has 0 aliphatic heterocycles. The van der Waals surface area contributed by atoms with Crippen molar-refractivity contribution in [3.05, 3.63) is 0 Å². The lowest BCUT2D eigenvalue weighted by Gasteiger charge is -2.61. The van der Waals surface area contributed by atoms with Crippen LogP contribution < -0.4 is 0 Å². The van der Waals surface area contributed by atoms with Crippen molar-refractivity contribution in [3.8, 4) is 0 Å². The van der Waals surface area contributed by atoms with Crippen molar-refractivity contribution in [1.82, 2.24) is 0 Å². The molecule has 0 saturated heterocycles. The summed E-state index contributed by atoms with van der Waals surface area (Å²) in [4.78, 5) is 0. The summed E-state index contributed by atoms with van der Waals surface area (Å²) < 4.78 is 0.830. The van der Waals surface area contributed by atoms with Gasteiger partial charge in [-0.1, -0.05) is 43.4 Å². The zero-order valence-corrected chi connectivity index (χ0v) is 17.4. The van der Waals surface area contributed by atoms with E-state index in [0.29, 0.717) is 10.8 Å². The van der Waals surface area contributed by atoms with Crippen molar-refractivity contribution in [1.29, 1.82) is 0 Å². The molecule has 23 heavy (non-hydrogen) atoms. The van der Waals surface area contributed by atoms with Crippen molar-refractivity contribution in [2.45, 2.75) is 88.6 Å². The number of rotatable bonds is 1. The molecule has 1 nitrogen and oxygen atoms in total. The van der Waals surface area contributed by atoms with Crippen LogP contribution in [-0.2, 0) is 0 Å². The Morgan fingerprint density at radius 1 is 0.913 bits per heavy atom. The summed E-state index contributed by atoms with van der Waals surface area (Å²) in [6, 6.07) is 0. The fourth-order valence-corrected chi connectivity index (χ4v) is 9.21. The van der Waals surface area contributed by atoms with Crippen LogP contribution in [0.2, 0.25) is 0 Å². The minimum atomic E-state index is -0.00536. The molecule has 0 aromatic rings. The van der Waals surface area contributed by atoms with E-state index in [1.165, 1.54) is 44.9 Å². The number of alkyl halides is 1. The summed E-state index contributed by atoms with van der Waals surface area (Å²) in [7, 11) is 0. The smallest absolute Gasteiger partial charge is 0.0543 e. The molecule has 4 fully saturated rings. The van der Waals surface area contributed by atoms with E-state index in [1.54, 1.807) is 0 Å².